The molecule has 0 spiro atoms. The standard InChI is InChI=1S/C16H27N3O.HI/c1-5-11-20-15-8-6-7-14(12-15)9-10-18-16(17-4)19-13(2)3;/h6-8,12-13H,5,9-11H2,1-4H3,(H2,17,18,19);1H. The first-order chi connectivity index (χ1) is 9.65. The molecule has 0 amide bonds. The number of nitrogens with zero attached hydrogens (tertiary/aromatic N) is 1. The number of ether oxygens (including phenoxy) is 1. The summed E-state index contributed by atoms with van der Waals surface area (Å²) in [4.78, 5) is 4.19. The van der Waals surface area contributed by atoms with Gasteiger partial charge in [0.25, 0.3) is 0 Å². The number of nitrogens with one attached hydrogen (secondary N) is 2. The largest absolute Gasteiger partial charge is 0.494 e. The fraction of sp³-hybridized carbons (Fsp3) is 0.562. The second kappa shape index (κ2) is 11.7. The fourth-order valence-electron chi connectivity index (χ4n) is 1.80. The molecule has 0 aliphatic carbocycles. The minimum absolute atomic E-state index is 0. The third-order valence-corrected chi connectivity index (χ3v) is 2.73. The molecule has 0 bridgehead atoms. The van der Waals surface area contributed by atoms with Crippen LogP contribution in [-0.4, -0.2) is 32.2 Å². The van der Waals surface area contributed by atoms with Crippen molar-refractivity contribution in [3.05, 3.63) is 29.8 Å². The van der Waals surface area contributed by atoms with E-state index in [1.54, 1.807) is 7.05 Å². The Morgan fingerprint density at radius 2 is 2.10 bits per heavy atom. The molecule has 0 fully saturated rings. The minimum atomic E-state index is 0. The zero-order chi connectivity index (χ0) is 14.8. The maximum Gasteiger partial charge on any atom is 0.191 e. The number of hydrogen-bond donors (Lipinski definition) is 2. The average molecular weight is 405 g/mol. The highest BCUT2D eigenvalue weighted by molar-refractivity contribution is 14.0. The van der Waals surface area contributed by atoms with E-state index in [4.69, 9.17) is 4.74 Å². The van der Waals surface area contributed by atoms with Crippen molar-refractivity contribution < 1.29 is 4.74 Å². The van der Waals surface area contributed by atoms with E-state index >= 15 is 0 Å². The Morgan fingerprint density at radius 3 is 2.71 bits per heavy atom. The number of hydrogen-bond acceptors (Lipinski definition) is 2. The summed E-state index contributed by atoms with van der Waals surface area (Å²) in [5.74, 6) is 1.80. The number of rotatable bonds is 7. The highest BCUT2D eigenvalue weighted by Gasteiger charge is 2.01. The number of halogens is 1. The van der Waals surface area contributed by atoms with Gasteiger partial charge in [-0.25, -0.2) is 0 Å². The second-order valence-electron chi connectivity index (χ2n) is 5.04. The van der Waals surface area contributed by atoms with Crippen LogP contribution in [0, 0.1) is 0 Å². The van der Waals surface area contributed by atoms with E-state index in [1.807, 2.05) is 12.1 Å². The quantitative estimate of drug-likeness (QED) is 0.416. The van der Waals surface area contributed by atoms with E-state index < -0.39 is 0 Å². The van der Waals surface area contributed by atoms with Gasteiger partial charge in [0.2, 0.25) is 0 Å². The first-order valence-electron chi connectivity index (χ1n) is 7.34. The molecular weight excluding hydrogens is 377 g/mol. The molecule has 0 aliphatic heterocycles. The van der Waals surface area contributed by atoms with Gasteiger partial charge in [-0.1, -0.05) is 19.1 Å². The van der Waals surface area contributed by atoms with Crippen molar-refractivity contribution in [3.63, 3.8) is 0 Å². The summed E-state index contributed by atoms with van der Waals surface area (Å²) < 4.78 is 5.64. The second-order valence-corrected chi connectivity index (χ2v) is 5.04. The third kappa shape index (κ3) is 8.80. The molecule has 21 heavy (non-hydrogen) atoms. The molecule has 0 unspecified atom stereocenters. The lowest BCUT2D eigenvalue weighted by Crippen LogP contribution is -2.41. The number of aliphatic imine (C=N–C) groups is 1. The Balaban J connectivity index is 0.00000400. The molecule has 120 valence electrons. The molecule has 4 nitrogen and oxygen atoms in total. The Morgan fingerprint density at radius 1 is 1.33 bits per heavy atom. The molecule has 0 aliphatic rings. The number of benzene rings is 1. The lowest BCUT2D eigenvalue weighted by Gasteiger charge is -2.14. The lowest BCUT2D eigenvalue weighted by molar-refractivity contribution is 0.317. The van der Waals surface area contributed by atoms with Crippen molar-refractivity contribution in [2.75, 3.05) is 20.2 Å². The van der Waals surface area contributed by atoms with Crippen molar-refractivity contribution in [2.45, 2.75) is 39.7 Å². The smallest absolute Gasteiger partial charge is 0.191 e. The van der Waals surface area contributed by atoms with Gasteiger partial charge in [0, 0.05) is 19.6 Å². The van der Waals surface area contributed by atoms with Gasteiger partial charge in [0.1, 0.15) is 5.75 Å². The van der Waals surface area contributed by atoms with Crippen LogP contribution in [0.4, 0.5) is 0 Å². The van der Waals surface area contributed by atoms with Crippen molar-refractivity contribution in [1.82, 2.24) is 10.6 Å². The monoisotopic (exact) mass is 405 g/mol. The molecule has 1 rings (SSSR count). The summed E-state index contributed by atoms with van der Waals surface area (Å²) in [6.45, 7) is 7.93. The zero-order valence-electron chi connectivity index (χ0n) is 13.5. The Labute approximate surface area is 145 Å². The zero-order valence-corrected chi connectivity index (χ0v) is 15.8. The van der Waals surface area contributed by atoms with Gasteiger partial charge in [-0.2, -0.15) is 0 Å². The van der Waals surface area contributed by atoms with E-state index in [-0.39, 0.29) is 24.0 Å². The summed E-state index contributed by atoms with van der Waals surface area (Å²) in [6.07, 6.45) is 1.98. The van der Waals surface area contributed by atoms with E-state index in [0.29, 0.717) is 6.04 Å². The molecule has 0 saturated heterocycles. The Bertz CT molecular complexity index is 422. The lowest BCUT2D eigenvalue weighted by atomic mass is 10.1. The Hall–Kier alpha value is -0.980. The van der Waals surface area contributed by atoms with E-state index in [1.165, 1.54) is 5.56 Å². The molecule has 1 aromatic carbocycles. The Kier molecular flexibility index (Phi) is 11.1. The topological polar surface area (TPSA) is 45.6 Å². The highest BCUT2D eigenvalue weighted by Crippen LogP contribution is 2.13. The molecule has 0 heterocycles. The van der Waals surface area contributed by atoms with Crippen LogP contribution in [0.25, 0.3) is 0 Å². The van der Waals surface area contributed by atoms with Gasteiger partial charge in [0.15, 0.2) is 5.96 Å². The highest BCUT2D eigenvalue weighted by atomic mass is 127. The van der Waals surface area contributed by atoms with Crippen molar-refractivity contribution in [1.29, 1.82) is 0 Å². The maximum absolute atomic E-state index is 5.64. The molecular formula is C16H28IN3O. The average Bonchev–Trinajstić information content (AvgIpc) is 2.44. The van der Waals surface area contributed by atoms with Crippen LogP contribution in [0.2, 0.25) is 0 Å². The van der Waals surface area contributed by atoms with Crippen LogP contribution in [0.3, 0.4) is 0 Å². The molecule has 5 heteroatoms. The molecule has 0 aromatic heterocycles. The summed E-state index contributed by atoms with van der Waals surface area (Å²) in [6, 6.07) is 8.66. The van der Waals surface area contributed by atoms with Gasteiger partial charge in [-0.3, -0.25) is 4.99 Å². The SMILES string of the molecule is CCCOc1cccc(CCNC(=NC)NC(C)C)c1.I. The number of guanidine groups is 1. The fourth-order valence-corrected chi connectivity index (χ4v) is 1.80. The predicted octanol–water partition coefficient (Wildman–Crippen LogP) is 3.21. The maximum atomic E-state index is 5.64. The minimum Gasteiger partial charge on any atom is -0.494 e. The normalized spacial score (nSPS) is 11.0. The van der Waals surface area contributed by atoms with Gasteiger partial charge in [-0.05, 0) is 44.4 Å². The molecule has 0 atom stereocenters. The van der Waals surface area contributed by atoms with Crippen molar-refractivity contribution in [3.8, 4) is 5.75 Å². The van der Waals surface area contributed by atoms with Gasteiger partial charge >= 0.3 is 0 Å². The molecule has 0 saturated carbocycles. The van der Waals surface area contributed by atoms with Gasteiger partial charge < -0.3 is 15.4 Å². The first-order valence-corrected chi connectivity index (χ1v) is 7.34. The van der Waals surface area contributed by atoms with Crippen LogP contribution in [0.15, 0.2) is 29.3 Å². The van der Waals surface area contributed by atoms with Crippen molar-refractivity contribution >= 4 is 29.9 Å². The van der Waals surface area contributed by atoms with E-state index in [0.717, 1.165) is 37.7 Å². The first kappa shape index (κ1) is 20.0. The van der Waals surface area contributed by atoms with E-state index in [2.05, 4.69) is 48.5 Å². The summed E-state index contributed by atoms with van der Waals surface area (Å²) in [7, 11) is 1.79. The van der Waals surface area contributed by atoms with Gasteiger partial charge in [0.05, 0.1) is 6.61 Å². The van der Waals surface area contributed by atoms with Crippen LogP contribution < -0.4 is 15.4 Å². The third-order valence-electron chi connectivity index (χ3n) is 2.73. The van der Waals surface area contributed by atoms with Crippen LogP contribution in [0.1, 0.15) is 32.8 Å². The summed E-state index contributed by atoms with van der Waals surface area (Å²) in [5, 5.41) is 6.58. The molecule has 1 aromatic rings. The van der Waals surface area contributed by atoms with Crippen LogP contribution in [-0.2, 0) is 6.42 Å². The van der Waals surface area contributed by atoms with E-state index in [9.17, 15) is 0 Å². The van der Waals surface area contributed by atoms with Crippen LogP contribution >= 0.6 is 24.0 Å². The summed E-state index contributed by atoms with van der Waals surface area (Å²) in [5.41, 5.74) is 1.27. The van der Waals surface area contributed by atoms with Gasteiger partial charge in [-0.15, -0.1) is 24.0 Å². The predicted molar refractivity (Wildman–Crippen MR) is 101 cm³/mol. The molecule has 0 radical (unpaired) electrons. The van der Waals surface area contributed by atoms with Crippen LogP contribution in [0.5, 0.6) is 5.75 Å². The molecule has 2 N–H and O–H groups in total. The summed E-state index contributed by atoms with van der Waals surface area (Å²) >= 11 is 0. The van der Waals surface area contributed by atoms with Crippen molar-refractivity contribution in [2.24, 2.45) is 4.99 Å².